The Hall–Kier alpha value is -3.36. The van der Waals surface area contributed by atoms with Gasteiger partial charge in [0.05, 0.1) is 41.3 Å². The Morgan fingerprint density at radius 3 is 2.24 bits per heavy atom. The van der Waals surface area contributed by atoms with Crippen LogP contribution in [-0.4, -0.2) is 64.0 Å². The van der Waals surface area contributed by atoms with Crippen molar-refractivity contribution in [1.29, 1.82) is 0 Å². The molecule has 3 heterocycles. The Bertz CT molecular complexity index is 1260. The van der Waals surface area contributed by atoms with Gasteiger partial charge < -0.3 is 4.74 Å². The molecule has 1 aromatic heterocycles. The van der Waals surface area contributed by atoms with Crippen LogP contribution in [0.2, 0.25) is 0 Å². The molecule has 0 spiro atoms. The number of carbonyl (C=O) groups is 2. The van der Waals surface area contributed by atoms with Gasteiger partial charge in [0.1, 0.15) is 5.82 Å². The molecule has 1 atom stereocenters. The van der Waals surface area contributed by atoms with Crippen molar-refractivity contribution in [1.82, 2.24) is 19.4 Å². The molecular weight excluding hydrogens is 432 g/mol. The summed E-state index contributed by atoms with van der Waals surface area (Å²) in [7, 11) is 0. The molecule has 0 bridgehead atoms. The van der Waals surface area contributed by atoms with E-state index in [0.29, 0.717) is 40.8 Å². The minimum absolute atomic E-state index is 0.141. The molecular formula is C26H28N4O4. The van der Waals surface area contributed by atoms with E-state index >= 15 is 0 Å². The summed E-state index contributed by atoms with van der Waals surface area (Å²) in [5.74, 6) is -0.216. The molecule has 8 nitrogen and oxygen atoms in total. The fourth-order valence-corrected chi connectivity index (χ4v) is 4.90. The topological polar surface area (TPSA) is 84.7 Å². The number of benzene rings is 2. The van der Waals surface area contributed by atoms with Crippen LogP contribution in [0.15, 0.2) is 53.3 Å². The fourth-order valence-electron chi connectivity index (χ4n) is 4.90. The lowest BCUT2D eigenvalue weighted by molar-refractivity contribution is 0.0368. The van der Waals surface area contributed by atoms with Crippen LogP contribution >= 0.6 is 0 Å². The maximum atomic E-state index is 13.5. The molecule has 8 heteroatoms. The van der Waals surface area contributed by atoms with Crippen LogP contribution in [0.1, 0.15) is 52.3 Å². The van der Waals surface area contributed by atoms with Crippen molar-refractivity contribution in [2.45, 2.75) is 32.4 Å². The number of nitrogens with zero attached hydrogens (tertiary/aromatic N) is 4. The normalized spacial score (nSPS) is 17.4. The highest BCUT2D eigenvalue weighted by Gasteiger charge is 2.41. The van der Waals surface area contributed by atoms with Gasteiger partial charge in [0, 0.05) is 26.2 Å². The first-order chi connectivity index (χ1) is 16.6. The van der Waals surface area contributed by atoms with E-state index in [0.717, 1.165) is 39.3 Å². The van der Waals surface area contributed by atoms with Gasteiger partial charge in [-0.3, -0.25) is 28.8 Å². The van der Waals surface area contributed by atoms with Gasteiger partial charge in [-0.1, -0.05) is 31.2 Å². The first-order valence-electron chi connectivity index (χ1n) is 11.9. The highest BCUT2D eigenvalue weighted by molar-refractivity contribution is 6.21. The van der Waals surface area contributed by atoms with E-state index in [4.69, 9.17) is 9.72 Å². The Kier molecular flexibility index (Phi) is 6.26. The Morgan fingerprint density at radius 2 is 1.56 bits per heavy atom. The second-order valence-corrected chi connectivity index (χ2v) is 8.70. The van der Waals surface area contributed by atoms with Crippen molar-refractivity contribution in [3.05, 3.63) is 75.8 Å². The van der Waals surface area contributed by atoms with Gasteiger partial charge in [-0.25, -0.2) is 4.98 Å². The molecule has 0 N–H and O–H groups in total. The number of morpholine rings is 1. The zero-order valence-corrected chi connectivity index (χ0v) is 19.3. The summed E-state index contributed by atoms with van der Waals surface area (Å²) in [4.78, 5) is 48.4. The number of carbonyl (C=O) groups excluding carboxylic acids is 2. The quantitative estimate of drug-likeness (QED) is 0.504. The molecule has 0 aliphatic carbocycles. The summed E-state index contributed by atoms with van der Waals surface area (Å²) in [6.07, 6.45) is 1.21. The zero-order valence-electron chi connectivity index (χ0n) is 19.3. The SMILES string of the molecule is CC[C@@H](c1nc2ccccc2c(=O)n1CCCN1CCOCC1)N1C(=O)c2ccccc2C1=O. The van der Waals surface area contributed by atoms with Gasteiger partial charge in [0.25, 0.3) is 17.4 Å². The summed E-state index contributed by atoms with van der Waals surface area (Å²) in [6.45, 7) is 6.41. The third-order valence-corrected chi connectivity index (χ3v) is 6.67. The largest absolute Gasteiger partial charge is 0.379 e. The standard InChI is InChI=1S/C26H28N4O4/c1-2-22(30-25(32)18-8-3-4-9-19(18)26(30)33)23-27-21-11-6-5-10-20(21)24(31)29(23)13-7-12-28-14-16-34-17-15-28/h3-6,8-11,22H,2,7,12-17H2,1H3/t22-/m0/s1. The van der Waals surface area contributed by atoms with E-state index in [1.54, 1.807) is 41.0 Å². The van der Waals surface area contributed by atoms with Gasteiger partial charge in [-0.05, 0) is 37.1 Å². The molecule has 0 saturated carbocycles. The minimum Gasteiger partial charge on any atom is -0.379 e. The van der Waals surface area contributed by atoms with Gasteiger partial charge in [0.15, 0.2) is 0 Å². The number of imide groups is 1. The van der Waals surface area contributed by atoms with E-state index in [1.165, 1.54) is 4.90 Å². The van der Waals surface area contributed by atoms with Crippen LogP contribution in [0.5, 0.6) is 0 Å². The number of amides is 2. The average Bonchev–Trinajstić information content (AvgIpc) is 3.12. The predicted octanol–water partition coefficient (Wildman–Crippen LogP) is 2.87. The van der Waals surface area contributed by atoms with Crippen LogP contribution in [0.4, 0.5) is 0 Å². The van der Waals surface area contributed by atoms with Crippen molar-refractivity contribution in [3.63, 3.8) is 0 Å². The molecule has 1 fully saturated rings. The van der Waals surface area contributed by atoms with E-state index in [1.807, 2.05) is 19.1 Å². The van der Waals surface area contributed by atoms with Crippen molar-refractivity contribution in [2.75, 3.05) is 32.8 Å². The number of fused-ring (bicyclic) bond motifs is 2. The second-order valence-electron chi connectivity index (χ2n) is 8.70. The van der Waals surface area contributed by atoms with E-state index < -0.39 is 6.04 Å². The van der Waals surface area contributed by atoms with Crippen molar-refractivity contribution in [3.8, 4) is 0 Å². The molecule has 1 saturated heterocycles. The zero-order chi connectivity index (χ0) is 23.7. The van der Waals surface area contributed by atoms with E-state index in [-0.39, 0.29) is 17.4 Å². The molecule has 0 unspecified atom stereocenters. The Balaban J connectivity index is 1.53. The number of para-hydroxylation sites is 1. The van der Waals surface area contributed by atoms with Crippen LogP contribution in [0, 0.1) is 0 Å². The number of hydrogen-bond donors (Lipinski definition) is 0. The lowest BCUT2D eigenvalue weighted by Crippen LogP contribution is -2.39. The summed E-state index contributed by atoms with van der Waals surface area (Å²) < 4.78 is 7.09. The maximum absolute atomic E-state index is 13.5. The minimum atomic E-state index is -0.631. The lowest BCUT2D eigenvalue weighted by atomic mass is 10.1. The van der Waals surface area contributed by atoms with Gasteiger partial charge in [-0.15, -0.1) is 0 Å². The van der Waals surface area contributed by atoms with Crippen LogP contribution in [-0.2, 0) is 11.3 Å². The second kappa shape index (κ2) is 9.48. The van der Waals surface area contributed by atoms with Crippen LogP contribution < -0.4 is 5.56 Å². The van der Waals surface area contributed by atoms with Crippen molar-refractivity contribution < 1.29 is 14.3 Å². The first kappa shape index (κ1) is 22.4. The molecule has 34 heavy (non-hydrogen) atoms. The van der Waals surface area contributed by atoms with E-state index in [2.05, 4.69) is 4.90 Å². The van der Waals surface area contributed by atoms with Crippen molar-refractivity contribution in [2.24, 2.45) is 0 Å². The Labute approximate surface area is 197 Å². The van der Waals surface area contributed by atoms with Gasteiger partial charge >= 0.3 is 0 Å². The smallest absolute Gasteiger partial charge is 0.262 e. The Morgan fingerprint density at radius 1 is 0.912 bits per heavy atom. The molecule has 2 aromatic carbocycles. The first-order valence-corrected chi connectivity index (χ1v) is 11.9. The fraction of sp³-hybridized carbons (Fsp3) is 0.385. The number of hydrogen-bond acceptors (Lipinski definition) is 6. The number of ether oxygens (including phenoxy) is 1. The molecule has 3 aromatic rings. The third kappa shape index (κ3) is 3.93. The molecule has 2 aliphatic rings. The average molecular weight is 461 g/mol. The molecule has 0 radical (unpaired) electrons. The highest BCUT2D eigenvalue weighted by Crippen LogP contribution is 2.32. The lowest BCUT2D eigenvalue weighted by Gasteiger charge is -2.28. The summed E-state index contributed by atoms with van der Waals surface area (Å²) in [6, 6.07) is 13.5. The molecule has 2 amide bonds. The highest BCUT2D eigenvalue weighted by atomic mass is 16.5. The summed E-state index contributed by atoms with van der Waals surface area (Å²) in [5.41, 5.74) is 1.22. The summed E-state index contributed by atoms with van der Waals surface area (Å²) >= 11 is 0. The van der Waals surface area contributed by atoms with Crippen LogP contribution in [0.3, 0.4) is 0 Å². The van der Waals surface area contributed by atoms with E-state index in [9.17, 15) is 14.4 Å². The third-order valence-electron chi connectivity index (χ3n) is 6.67. The molecule has 176 valence electrons. The predicted molar refractivity (Wildman–Crippen MR) is 128 cm³/mol. The van der Waals surface area contributed by atoms with Gasteiger partial charge in [0.2, 0.25) is 0 Å². The van der Waals surface area contributed by atoms with Gasteiger partial charge in [-0.2, -0.15) is 0 Å². The monoisotopic (exact) mass is 460 g/mol. The summed E-state index contributed by atoms with van der Waals surface area (Å²) in [5, 5.41) is 0.537. The van der Waals surface area contributed by atoms with Crippen molar-refractivity contribution >= 4 is 22.7 Å². The van der Waals surface area contributed by atoms with Crippen LogP contribution in [0.25, 0.3) is 10.9 Å². The number of aromatic nitrogens is 2. The molecule has 2 aliphatic heterocycles. The maximum Gasteiger partial charge on any atom is 0.262 e. The molecule has 5 rings (SSSR count). The number of rotatable bonds is 7.